The number of nitrogens with zero attached hydrogens (tertiary/aromatic N) is 1. The second-order valence-corrected chi connectivity index (χ2v) is 5.31. The van der Waals surface area contributed by atoms with Gasteiger partial charge in [-0.2, -0.15) is 0 Å². The van der Waals surface area contributed by atoms with Gasteiger partial charge in [0, 0.05) is 18.4 Å². The average molecular weight is 325 g/mol. The maximum absolute atomic E-state index is 13.3. The summed E-state index contributed by atoms with van der Waals surface area (Å²) in [6, 6.07) is 6.59. The van der Waals surface area contributed by atoms with Crippen LogP contribution in [0.2, 0.25) is 0 Å². The number of hydrogen-bond donors (Lipinski definition) is 1. The highest BCUT2D eigenvalue weighted by molar-refractivity contribution is 9.10. The predicted octanol–water partition coefficient (Wildman–Crippen LogP) is 3.80. The summed E-state index contributed by atoms with van der Waals surface area (Å²) in [5.74, 6) is -0.553. The molecule has 2 rings (SSSR count). The highest BCUT2D eigenvalue weighted by Crippen LogP contribution is 2.24. The van der Waals surface area contributed by atoms with Crippen LogP contribution in [0.1, 0.15) is 21.7 Å². The largest absolute Gasteiger partial charge is 0.344 e. The van der Waals surface area contributed by atoms with Gasteiger partial charge in [-0.05, 0) is 59.6 Å². The van der Waals surface area contributed by atoms with Gasteiger partial charge in [-0.15, -0.1) is 0 Å². The van der Waals surface area contributed by atoms with Crippen LogP contribution >= 0.6 is 15.9 Å². The zero-order valence-electron chi connectivity index (χ0n) is 10.9. The molecule has 5 heteroatoms. The fourth-order valence-corrected chi connectivity index (χ4v) is 2.15. The normalized spacial score (nSPS) is 10.6. The monoisotopic (exact) mass is 324 g/mol. The Hall–Kier alpha value is -1.62. The van der Waals surface area contributed by atoms with Crippen LogP contribution in [-0.2, 0) is 7.05 Å². The zero-order chi connectivity index (χ0) is 14.2. The van der Waals surface area contributed by atoms with Crippen molar-refractivity contribution >= 4 is 27.5 Å². The Balaban J connectivity index is 2.29. The Labute approximate surface area is 119 Å². The van der Waals surface area contributed by atoms with Gasteiger partial charge in [0.15, 0.2) is 0 Å². The number of amides is 1. The Kier molecular flexibility index (Phi) is 3.75. The van der Waals surface area contributed by atoms with Gasteiger partial charge in [-0.3, -0.25) is 4.79 Å². The predicted molar refractivity (Wildman–Crippen MR) is 76.9 cm³/mol. The highest BCUT2D eigenvalue weighted by Gasteiger charge is 2.13. The number of aromatic nitrogens is 1. The molecule has 1 aromatic carbocycles. The van der Waals surface area contributed by atoms with Crippen LogP contribution in [0.3, 0.4) is 0 Å². The van der Waals surface area contributed by atoms with Crippen molar-refractivity contribution in [1.82, 2.24) is 4.57 Å². The van der Waals surface area contributed by atoms with Gasteiger partial charge in [-0.25, -0.2) is 4.39 Å². The van der Waals surface area contributed by atoms with Crippen LogP contribution in [0.15, 0.2) is 28.7 Å². The van der Waals surface area contributed by atoms with Crippen LogP contribution in [0.5, 0.6) is 0 Å². The van der Waals surface area contributed by atoms with E-state index in [0.717, 1.165) is 5.69 Å². The van der Waals surface area contributed by atoms with E-state index in [-0.39, 0.29) is 11.7 Å². The SMILES string of the molecule is Cc1cc(F)c(Br)cc1NC(=O)c1ccc(C)n1C. The van der Waals surface area contributed by atoms with Crippen LogP contribution in [0.4, 0.5) is 10.1 Å². The molecule has 19 heavy (non-hydrogen) atoms. The summed E-state index contributed by atoms with van der Waals surface area (Å²) in [7, 11) is 1.83. The standard InChI is InChI=1S/C14H14BrFN2O/c1-8-6-11(16)10(15)7-12(8)17-14(19)13-5-4-9(2)18(13)3/h4-7H,1-3H3,(H,17,19). The van der Waals surface area contributed by atoms with E-state index in [1.165, 1.54) is 6.07 Å². The lowest BCUT2D eigenvalue weighted by Gasteiger charge is -2.10. The van der Waals surface area contributed by atoms with Gasteiger partial charge in [0.05, 0.1) is 4.47 Å². The molecule has 0 saturated carbocycles. The van der Waals surface area contributed by atoms with E-state index in [2.05, 4.69) is 21.2 Å². The molecule has 0 aliphatic carbocycles. The van der Waals surface area contributed by atoms with Crippen LogP contribution in [0.25, 0.3) is 0 Å². The minimum absolute atomic E-state index is 0.211. The van der Waals surface area contributed by atoms with Crippen LogP contribution in [0, 0.1) is 19.7 Å². The number of aryl methyl sites for hydroxylation is 2. The highest BCUT2D eigenvalue weighted by atomic mass is 79.9. The second-order valence-electron chi connectivity index (χ2n) is 4.45. The molecule has 1 aromatic heterocycles. The molecule has 0 bridgehead atoms. The van der Waals surface area contributed by atoms with E-state index in [4.69, 9.17) is 0 Å². The molecule has 1 amide bonds. The fraction of sp³-hybridized carbons (Fsp3) is 0.214. The third-order valence-corrected chi connectivity index (χ3v) is 3.73. The molecule has 0 atom stereocenters. The van der Waals surface area contributed by atoms with Gasteiger partial charge >= 0.3 is 0 Å². The van der Waals surface area contributed by atoms with Crippen molar-refractivity contribution in [3.05, 3.63) is 51.5 Å². The number of nitrogens with one attached hydrogen (secondary N) is 1. The number of halogens is 2. The first-order valence-electron chi connectivity index (χ1n) is 5.79. The summed E-state index contributed by atoms with van der Waals surface area (Å²) in [6.45, 7) is 3.68. The van der Waals surface area contributed by atoms with E-state index < -0.39 is 0 Å². The van der Waals surface area contributed by atoms with Gasteiger partial charge in [-0.1, -0.05) is 0 Å². The van der Waals surface area contributed by atoms with Crippen molar-refractivity contribution in [2.45, 2.75) is 13.8 Å². The fourth-order valence-electron chi connectivity index (χ4n) is 1.81. The third-order valence-electron chi connectivity index (χ3n) is 3.12. The Morgan fingerprint density at radius 2 is 2.00 bits per heavy atom. The molecule has 0 unspecified atom stereocenters. The Morgan fingerprint density at radius 3 is 2.58 bits per heavy atom. The van der Waals surface area contributed by atoms with E-state index in [1.54, 1.807) is 19.1 Å². The molecule has 0 aliphatic rings. The molecule has 0 radical (unpaired) electrons. The molecule has 100 valence electrons. The lowest BCUT2D eigenvalue weighted by molar-refractivity contribution is 0.101. The molecule has 1 heterocycles. The van der Waals surface area contributed by atoms with Crippen molar-refractivity contribution in [3.8, 4) is 0 Å². The number of rotatable bonds is 2. The summed E-state index contributed by atoms with van der Waals surface area (Å²) in [6.07, 6.45) is 0. The van der Waals surface area contributed by atoms with Crippen LogP contribution < -0.4 is 5.32 Å². The molecule has 2 aromatic rings. The maximum Gasteiger partial charge on any atom is 0.272 e. The van der Waals surface area contributed by atoms with Gasteiger partial charge < -0.3 is 9.88 Å². The lowest BCUT2D eigenvalue weighted by Crippen LogP contribution is -2.16. The summed E-state index contributed by atoms with van der Waals surface area (Å²) in [5, 5.41) is 2.79. The third kappa shape index (κ3) is 2.71. The molecule has 0 aliphatic heterocycles. The molecule has 0 saturated heterocycles. The minimum atomic E-state index is -0.342. The molecule has 3 nitrogen and oxygen atoms in total. The second kappa shape index (κ2) is 5.17. The minimum Gasteiger partial charge on any atom is -0.344 e. The summed E-state index contributed by atoms with van der Waals surface area (Å²) < 4.78 is 15.5. The van der Waals surface area contributed by atoms with E-state index >= 15 is 0 Å². The lowest BCUT2D eigenvalue weighted by atomic mass is 10.2. The Bertz CT molecular complexity index is 649. The van der Waals surface area contributed by atoms with Crippen molar-refractivity contribution in [3.63, 3.8) is 0 Å². The first-order chi connectivity index (χ1) is 8.90. The number of carbonyl (C=O) groups is 1. The molecule has 0 fully saturated rings. The molecular weight excluding hydrogens is 311 g/mol. The van der Waals surface area contributed by atoms with Crippen molar-refractivity contribution < 1.29 is 9.18 Å². The number of benzene rings is 1. The van der Waals surface area contributed by atoms with Gasteiger partial charge in [0.1, 0.15) is 11.5 Å². The Morgan fingerprint density at radius 1 is 1.32 bits per heavy atom. The topological polar surface area (TPSA) is 34.0 Å². The summed E-state index contributed by atoms with van der Waals surface area (Å²) in [4.78, 5) is 12.2. The van der Waals surface area contributed by atoms with E-state index in [9.17, 15) is 9.18 Å². The molecule has 0 spiro atoms. The molecular formula is C14H14BrFN2O. The summed E-state index contributed by atoms with van der Waals surface area (Å²) >= 11 is 3.11. The first kappa shape index (κ1) is 13.8. The quantitative estimate of drug-likeness (QED) is 0.895. The van der Waals surface area contributed by atoms with Gasteiger partial charge in [0.2, 0.25) is 0 Å². The average Bonchev–Trinajstić information content (AvgIpc) is 2.67. The first-order valence-corrected chi connectivity index (χ1v) is 6.58. The van der Waals surface area contributed by atoms with Crippen molar-refractivity contribution in [1.29, 1.82) is 0 Å². The zero-order valence-corrected chi connectivity index (χ0v) is 12.5. The summed E-state index contributed by atoms with van der Waals surface area (Å²) in [5.41, 5.74) is 2.84. The van der Waals surface area contributed by atoms with Crippen LogP contribution in [-0.4, -0.2) is 10.5 Å². The number of anilines is 1. The number of carbonyl (C=O) groups excluding carboxylic acids is 1. The van der Waals surface area contributed by atoms with Crippen molar-refractivity contribution in [2.75, 3.05) is 5.32 Å². The molecule has 1 N–H and O–H groups in total. The smallest absolute Gasteiger partial charge is 0.272 e. The van der Waals surface area contributed by atoms with Crippen molar-refractivity contribution in [2.24, 2.45) is 7.05 Å². The number of hydrogen-bond acceptors (Lipinski definition) is 1. The van der Waals surface area contributed by atoms with E-state index in [1.807, 2.05) is 24.6 Å². The van der Waals surface area contributed by atoms with E-state index in [0.29, 0.717) is 21.4 Å². The maximum atomic E-state index is 13.3. The van der Waals surface area contributed by atoms with Gasteiger partial charge in [0.25, 0.3) is 5.91 Å².